The van der Waals surface area contributed by atoms with Crippen LogP contribution in [0.3, 0.4) is 0 Å². The number of benzene rings is 1. The van der Waals surface area contributed by atoms with E-state index in [0.29, 0.717) is 5.56 Å². The Morgan fingerprint density at radius 1 is 1.58 bits per heavy atom. The molecular weight excluding hydrogens is 161 g/mol. The number of rotatable bonds is 2. The minimum absolute atomic E-state index is 0.315. The summed E-state index contributed by atoms with van der Waals surface area (Å²) in [4.78, 5) is 10.3. The molecule has 0 saturated heterocycles. The molecule has 0 bridgehead atoms. The van der Waals surface area contributed by atoms with Crippen molar-refractivity contribution in [3.63, 3.8) is 0 Å². The van der Waals surface area contributed by atoms with Gasteiger partial charge in [-0.05, 0) is 12.1 Å². The minimum Gasteiger partial charge on any atom is -0.544 e. The van der Waals surface area contributed by atoms with E-state index in [9.17, 15) is 14.3 Å². The van der Waals surface area contributed by atoms with E-state index < -0.39 is 17.8 Å². The quantitative estimate of drug-likeness (QED) is 0.608. The van der Waals surface area contributed by atoms with Gasteiger partial charge in [0.2, 0.25) is 0 Å². The molecule has 0 unspecified atom stereocenters. The molecule has 3 N–H and O–H groups in total. The molecule has 64 valence electrons. The average molecular weight is 169 g/mol. The standard InChI is InChI=1S/C8H8FNO2/c9-6-3-1-2-5(4-6)7(10)8(11)12/h1-4,7H,10H2,(H,11,12)/t7-/m0/s1. The van der Waals surface area contributed by atoms with E-state index in [0.717, 1.165) is 6.07 Å². The molecule has 12 heavy (non-hydrogen) atoms. The first kappa shape index (κ1) is 8.67. The number of aliphatic carboxylic acids is 1. The van der Waals surface area contributed by atoms with E-state index in [2.05, 4.69) is 5.73 Å². The van der Waals surface area contributed by atoms with Crippen LogP contribution >= 0.6 is 0 Å². The Hall–Kier alpha value is -1.42. The maximum absolute atomic E-state index is 12.5. The predicted octanol–water partition coefficient (Wildman–Crippen LogP) is -1.14. The highest BCUT2D eigenvalue weighted by atomic mass is 19.1. The predicted molar refractivity (Wildman–Crippen MR) is 37.0 cm³/mol. The van der Waals surface area contributed by atoms with Crippen molar-refractivity contribution in [2.75, 3.05) is 0 Å². The second-order valence-corrected chi connectivity index (χ2v) is 2.43. The fraction of sp³-hybridized carbons (Fsp3) is 0.125. The van der Waals surface area contributed by atoms with Crippen molar-refractivity contribution >= 4 is 5.97 Å². The number of hydrogen-bond donors (Lipinski definition) is 1. The van der Waals surface area contributed by atoms with Crippen molar-refractivity contribution in [2.45, 2.75) is 6.04 Å². The topological polar surface area (TPSA) is 67.8 Å². The molecule has 0 radical (unpaired) electrons. The average Bonchev–Trinajstić information content (AvgIpc) is 2.03. The van der Waals surface area contributed by atoms with Crippen LogP contribution in [0.5, 0.6) is 0 Å². The van der Waals surface area contributed by atoms with Crippen molar-refractivity contribution in [3.05, 3.63) is 35.6 Å². The molecule has 3 nitrogen and oxygen atoms in total. The number of quaternary nitrogens is 1. The summed E-state index contributed by atoms with van der Waals surface area (Å²) >= 11 is 0. The molecule has 1 atom stereocenters. The number of carboxylic acids is 1. The summed E-state index contributed by atoms with van der Waals surface area (Å²) in [6.07, 6.45) is 0. The van der Waals surface area contributed by atoms with E-state index in [1.54, 1.807) is 0 Å². The van der Waals surface area contributed by atoms with E-state index in [1.807, 2.05) is 0 Å². The minimum atomic E-state index is -1.30. The van der Waals surface area contributed by atoms with Gasteiger partial charge in [-0.2, -0.15) is 0 Å². The summed E-state index contributed by atoms with van der Waals surface area (Å²) in [6, 6.07) is 4.29. The Morgan fingerprint density at radius 2 is 2.25 bits per heavy atom. The summed E-state index contributed by atoms with van der Waals surface area (Å²) in [5.74, 6) is -1.77. The van der Waals surface area contributed by atoms with Crippen LogP contribution in [0.15, 0.2) is 24.3 Å². The lowest BCUT2D eigenvalue weighted by Gasteiger charge is -2.08. The van der Waals surface area contributed by atoms with Crippen LogP contribution < -0.4 is 10.8 Å². The summed E-state index contributed by atoms with van der Waals surface area (Å²) in [5, 5.41) is 10.3. The van der Waals surface area contributed by atoms with Crippen molar-refractivity contribution in [3.8, 4) is 0 Å². The van der Waals surface area contributed by atoms with Gasteiger partial charge in [0.15, 0.2) is 6.04 Å². The molecule has 0 spiro atoms. The maximum Gasteiger partial charge on any atom is 0.150 e. The molecule has 0 aliphatic heterocycles. The molecule has 0 aliphatic carbocycles. The summed E-state index contributed by atoms with van der Waals surface area (Å²) in [6.45, 7) is 0. The van der Waals surface area contributed by atoms with Crippen LogP contribution in [0.4, 0.5) is 4.39 Å². The Labute approximate surface area is 68.6 Å². The second kappa shape index (κ2) is 3.32. The van der Waals surface area contributed by atoms with Crippen molar-refractivity contribution < 1.29 is 20.0 Å². The van der Waals surface area contributed by atoms with E-state index in [-0.39, 0.29) is 0 Å². The first-order chi connectivity index (χ1) is 5.61. The smallest absolute Gasteiger partial charge is 0.150 e. The zero-order valence-corrected chi connectivity index (χ0v) is 6.29. The van der Waals surface area contributed by atoms with Gasteiger partial charge in [-0.15, -0.1) is 0 Å². The fourth-order valence-corrected chi connectivity index (χ4v) is 0.859. The number of carbonyl (C=O) groups excluding carboxylic acids is 1. The molecule has 1 rings (SSSR count). The summed E-state index contributed by atoms with van der Waals surface area (Å²) in [5.41, 5.74) is 3.64. The first-order valence-corrected chi connectivity index (χ1v) is 3.40. The van der Waals surface area contributed by atoms with Gasteiger partial charge in [0, 0.05) is 5.56 Å². The molecule has 0 aromatic heterocycles. The molecule has 1 aromatic rings. The van der Waals surface area contributed by atoms with Crippen molar-refractivity contribution in [1.82, 2.24) is 0 Å². The largest absolute Gasteiger partial charge is 0.544 e. The van der Waals surface area contributed by atoms with Gasteiger partial charge in [-0.3, -0.25) is 0 Å². The van der Waals surface area contributed by atoms with Gasteiger partial charge in [-0.25, -0.2) is 4.39 Å². The van der Waals surface area contributed by atoms with Crippen LogP contribution in [-0.2, 0) is 4.79 Å². The third-order valence-corrected chi connectivity index (χ3v) is 1.54. The summed E-state index contributed by atoms with van der Waals surface area (Å²) in [7, 11) is 0. The Morgan fingerprint density at radius 3 is 2.75 bits per heavy atom. The lowest BCUT2D eigenvalue weighted by atomic mass is 10.1. The molecular formula is C8H8FNO2. The lowest BCUT2D eigenvalue weighted by Crippen LogP contribution is -2.61. The maximum atomic E-state index is 12.5. The highest BCUT2D eigenvalue weighted by molar-refractivity contribution is 5.71. The van der Waals surface area contributed by atoms with Gasteiger partial charge in [-0.1, -0.05) is 12.1 Å². The van der Waals surface area contributed by atoms with E-state index in [1.165, 1.54) is 18.2 Å². The molecule has 1 aromatic carbocycles. The molecule has 0 fully saturated rings. The highest BCUT2D eigenvalue weighted by Gasteiger charge is 2.10. The lowest BCUT2D eigenvalue weighted by molar-refractivity contribution is -0.443. The third kappa shape index (κ3) is 1.79. The number of hydrogen-bond acceptors (Lipinski definition) is 2. The van der Waals surface area contributed by atoms with E-state index >= 15 is 0 Å². The van der Waals surface area contributed by atoms with Crippen LogP contribution in [0, 0.1) is 5.82 Å². The molecule has 0 amide bonds. The number of carbonyl (C=O) groups is 1. The third-order valence-electron chi connectivity index (χ3n) is 1.54. The number of carboxylic acid groups (broad SMARTS) is 1. The van der Waals surface area contributed by atoms with E-state index in [4.69, 9.17) is 0 Å². The first-order valence-electron chi connectivity index (χ1n) is 3.40. The zero-order valence-electron chi connectivity index (χ0n) is 6.29. The number of halogens is 1. The van der Waals surface area contributed by atoms with Gasteiger partial charge < -0.3 is 15.6 Å². The fourth-order valence-electron chi connectivity index (χ4n) is 0.859. The van der Waals surface area contributed by atoms with Crippen LogP contribution in [0.2, 0.25) is 0 Å². The highest BCUT2D eigenvalue weighted by Crippen LogP contribution is 2.08. The van der Waals surface area contributed by atoms with Crippen LogP contribution in [-0.4, -0.2) is 5.97 Å². The Balaban J connectivity index is 2.95. The summed E-state index contributed by atoms with van der Waals surface area (Å²) < 4.78 is 12.5. The van der Waals surface area contributed by atoms with Gasteiger partial charge in [0.25, 0.3) is 0 Å². The molecule has 0 heterocycles. The van der Waals surface area contributed by atoms with Crippen LogP contribution in [0.25, 0.3) is 0 Å². The van der Waals surface area contributed by atoms with Crippen molar-refractivity contribution in [2.24, 2.45) is 0 Å². The molecule has 0 saturated carbocycles. The normalized spacial score (nSPS) is 12.5. The Kier molecular flexibility index (Phi) is 2.40. The van der Waals surface area contributed by atoms with Crippen molar-refractivity contribution in [1.29, 1.82) is 0 Å². The van der Waals surface area contributed by atoms with Gasteiger partial charge >= 0.3 is 0 Å². The van der Waals surface area contributed by atoms with Gasteiger partial charge in [0.1, 0.15) is 11.8 Å². The molecule has 4 heteroatoms. The monoisotopic (exact) mass is 169 g/mol. The molecule has 0 aliphatic rings. The van der Waals surface area contributed by atoms with Crippen LogP contribution in [0.1, 0.15) is 11.6 Å². The second-order valence-electron chi connectivity index (χ2n) is 2.43. The zero-order chi connectivity index (χ0) is 9.14. The SMILES string of the molecule is [NH3+][C@H](C(=O)[O-])c1cccc(F)c1. The van der Waals surface area contributed by atoms with Gasteiger partial charge in [0.05, 0.1) is 0 Å². The Bertz CT molecular complexity index is 301.